The van der Waals surface area contributed by atoms with Gasteiger partial charge in [0, 0.05) is 33.0 Å². The molecule has 0 bridgehead atoms. The van der Waals surface area contributed by atoms with Gasteiger partial charge in [-0.2, -0.15) is 0 Å². The highest BCUT2D eigenvalue weighted by Gasteiger charge is 2.42. The SMILES string of the molecule is CN1CC2(COCC1=O)CN(C(=O)c1nccn1C)CCO2. The van der Waals surface area contributed by atoms with Crippen LogP contribution in [0.15, 0.2) is 12.4 Å². The molecular formula is C14H20N4O4. The highest BCUT2D eigenvalue weighted by Crippen LogP contribution is 2.23. The second-order valence-electron chi connectivity index (χ2n) is 5.86. The minimum absolute atomic E-state index is 0.0505. The first-order valence-electron chi connectivity index (χ1n) is 7.23. The van der Waals surface area contributed by atoms with Gasteiger partial charge in [0.05, 0.1) is 26.3 Å². The van der Waals surface area contributed by atoms with Crippen molar-refractivity contribution in [2.45, 2.75) is 5.60 Å². The lowest BCUT2D eigenvalue weighted by atomic mass is 10.0. The molecule has 0 N–H and O–H groups in total. The molecule has 8 heteroatoms. The summed E-state index contributed by atoms with van der Waals surface area (Å²) < 4.78 is 13.0. The predicted molar refractivity (Wildman–Crippen MR) is 76.3 cm³/mol. The van der Waals surface area contributed by atoms with Crippen LogP contribution < -0.4 is 0 Å². The summed E-state index contributed by atoms with van der Waals surface area (Å²) in [4.78, 5) is 31.8. The van der Waals surface area contributed by atoms with Crippen molar-refractivity contribution in [3.63, 3.8) is 0 Å². The van der Waals surface area contributed by atoms with Crippen LogP contribution in [0.4, 0.5) is 0 Å². The number of nitrogens with zero attached hydrogens (tertiary/aromatic N) is 4. The summed E-state index contributed by atoms with van der Waals surface area (Å²) in [6.45, 7) is 2.07. The minimum atomic E-state index is -0.667. The lowest BCUT2D eigenvalue weighted by Gasteiger charge is -2.42. The van der Waals surface area contributed by atoms with Gasteiger partial charge in [0.1, 0.15) is 12.2 Å². The Morgan fingerprint density at radius 1 is 1.36 bits per heavy atom. The Kier molecular flexibility index (Phi) is 3.88. The van der Waals surface area contributed by atoms with Gasteiger partial charge < -0.3 is 23.8 Å². The molecule has 2 aliphatic rings. The number of imidazole rings is 1. The van der Waals surface area contributed by atoms with Crippen LogP contribution in [0.25, 0.3) is 0 Å². The molecule has 0 aliphatic carbocycles. The van der Waals surface area contributed by atoms with Gasteiger partial charge in [0.15, 0.2) is 5.82 Å². The van der Waals surface area contributed by atoms with E-state index in [1.807, 2.05) is 0 Å². The number of amides is 2. The van der Waals surface area contributed by atoms with Crippen LogP contribution in [-0.2, 0) is 21.3 Å². The van der Waals surface area contributed by atoms with Crippen LogP contribution >= 0.6 is 0 Å². The molecule has 1 aromatic heterocycles. The van der Waals surface area contributed by atoms with E-state index >= 15 is 0 Å². The number of carbonyl (C=O) groups excluding carboxylic acids is 2. The topological polar surface area (TPSA) is 76.9 Å². The number of rotatable bonds is 1. The molecule has 2 amide bonds. The lowest BCUT2D eigenvalue weighted by molar-refractivity contribution is -0.135. The molecule has 0 aromatic carbocycles. The molecule has 120 valence electrons. The van der Waals surface area contributed by atoms with Crippen molar-refractivity contribution in [2.75, 3.05) is 46.5 Å². The summed E-state index contributed by atoms with van der Waals surface area (Å²) in [7, 11) is 3.51. The van der Waals surface area contributed by atoms with Crippen molar-refractivity contribution in [3.8, 4) is 0 Å². The van der Waals surface area contributed by atoms with E-state index in [0.29, 0.717) is 38.7 Å². The first-order valence-corrected chi connectivity index (χ1v) is 7.23. The summed E-state index contributed by atoms with van der Waals surface area (Å²) >= 11 is 0. The van der Waals surface area contributed by atoms with E-state index in [4.69, 9.17) is 9.47 Å². The molecule has 1 atom stereocenters. The first kappa shape index (κ1) is 15.0. The summed E-state index contributed by atoms with van der Waals surface area (Å²) in [5.41, 5.74) is -0.667. The van der Waals surface area contributed by atoms with Gasteiger partial charge >= 0.3 is 0 Å². The summed E-state index contributed by atoms with van der Waals surface area (Å²) in [5.74, 6) is 0.192. The molecule has 2 saturated heterocycles. The number of aromatic nitrogens is 2. The van der Waals surface area contributed by atoms with Gasteiger partial charge in [-0.1, -0.05) is 0 Å². The number of hydrogen-bond acceptors (Lipinski definition) is 5. The molecular weight excluding hydrogens is 288 g/mol. The second-order valence-corrected chi connectivity index (χ2v) is 5.86. The van der Waals surface area contributed by atoms with Gasteiger partial charge in [-0.05, 0) is 0 Å². The largest absolute Gasteiger partial charge is 0.368 e. The van der Waals surface area contributed by atoms with Crippen molar-refractivity contribution in [1.82, 2.24) is 19.4 Å². The van der Waals surface area contributed by atoms with Crippen molar-refractivity contribution in [3.05, 3.63) is 18.2 Å². The van der Waals surface area contributed by atoms with Gasteiger partial charge in [0.25, 0.3) is 5.91 Å². The number of likely N-dealkylation sites (N-methyl/N-ethyl adjacent to an activating group) is 1. The predicted octanol–water partition coefficient (Wildman–Crippen LogP) is -0.880. The van der Waals surface area contributed by atoms with Crippen LogP contribution in [0.1, 0.15) is 10.6 Å². The minimum Gasteiger partial charge on any atom is -0.368 e. The zero-order chi connectivity index (χ0) is 15.7. The molecule has 1 aromatic rings. The standard InChI is InChI=1S/C14H20N4O4/c1-16-4-3-15-12(16)13(20)18-5-6-22-14(9-18)8-17(2)11(19)7-21-10-14/h3-4H,5-10H2,1-2H3. The summed E-state index contributed by atoms with van der Waals surface area (Å²) in [6.07, 6.45) is 3.34. The maximum absolute atomic E-state index is 12.6. The second kappa shape index (κ2) is 5.69. The van der Waals surface area contributed by atoms with Crippen LogP contribution in [0.2, 0.25) is 0 Å². The average Bonchev–Trinajstić information content (AvgIpc) is 2.87. The van der Waals surface area contributed by atoms with E-state index in [1.165, 1.54) is 0 Å². The van der Waals surface area contributed by atoms with Crippen LogP contribution in [-0.4, -0.2) is 83.3 Å². The third-order valence-electron chi connectivity index (χ3n) is 4.09. The molecule has 3 heterocycles. The molecule has 1 unspecified atom stereocenters. The molecule has 3 rings (SSSR count). The third kappa shape index (κ3) is 2.71. The zero-order valence-electron chi connectivity index (χ0n) is 12.8. The van der Waals surface area contributed by atoms with E-state index in [1.54, 1.807) is 40.9 Å². The van der Waals surface area contributed by atoms with Crippen LogP contribution in [0.5, 0.6) is 0 Å². The lowest BCUT2D eigenvalue weighted by Crippen LogP contribution is -2.59. The Balaban J connectivity index is 1.77. The van der Waals surface area contributed by atoms with E-state index in [-0.39, 0.29) is 18.4 Å². The molecule has 1 spiro atoms. The summed E-state index contributed by atoms with van der Waals surface area (Å²) in [5, 5.41) is 0. The Labute approximate surface area is 128 Å². The van der Waals surface area contributed by atoms with Gasteiger partial charge in [-0.3, -0.25) is 9.59 Å². The fourth-order valence-electron chi connectivity index (χ4n) is 2.91. The van der Waals surface area contributed by atoms with Crippen molar-refractivity contribution >= 4 is 11.8 Å². The van der Waals surface area contributed by atoms with Crippen LogP contribution in [0, 0.1) is 0 Å². The van der Waals surface area contributed by atoms with Gasteiger partial charge in [-0.15, -0.1) is 0 Å². The fourth-order valence-corrected chi connectivity index (χ4v) is 2.91. The van der Waals surface area contributed by atoms with E-state index in [9.17, 15) is 9.59 Å². The quantitative estimate of drug-likeness (QED) is 0.673. The normalized spacial score (nSPS) is 26.4. The number of morpholine rings is 1. The number of ether oxygens (including phenoxy) is 2. The van der Waals surface area contributed by atoms with E-state index < -0.39 is 5.60 Å². The van der Waals surface area contributed by atoms with Gasteiger partial charge in [-0.25, -0.2) is 4.98 Å². The van der Waals surface area contributed by atoms with E-state index in [0.717, 1.165) is 0 Å². The average molecular weight is 308 g/mol. The molecule has 8 nitrogen and oxygen atoms in total. The monoisotopic (exact) mass is 308 g/mol. The number of hydrogen-bond donors (Lipinski definition) is 0. The fraction of sp³-hybridized carbons (Fsp3) is 0.643. The van der Waals surface area contributed by atoms with Crippen molar-refractivity contribution in [2.24, 2.45) is 7.05 Å². The Morgan fingerprint density at radius 2 is 2.18 bits per heavy atom. The number of carbonyl (C=O) groups is 2. The number of aryl methyl sites for hydroxylation is 1. The molecule has 0 saturated carbocycles. The van der Waals surface area contributed by atoms with Gasteiger partial charge in [0.2, 0.25) is 5.91 Å². The zero-order valence-corrected chi connectivity index (χ0v) is 12.8. The molecule has 2 fully saturated rings. The maximum atomic E-state index is 12.6. The van der Waals surface area contributed by atoms with Crippen molar-refractivity contribution in [1.29, 1.82) is 0 Å². The third-order valence-corrected chi connectivity index (χ3v) is 4.09. The van der Waals surface area contributed by atoms with E-state index in [2.05, 4.69) is 4.98 Å². The Bertz CT molecular complexity index is 587. The van der Waals surface area contributed by atoms with Crippen LogP contribution in [0.3, 0.4) is 0 Å². The highest BCUT2D eigenvalue weighted by molar-refractivity contribution is 5.91. The first-order chi connectivity index (χ1) is 10.5. The Hall–Kier alpha value is -1.93. The molecule has 2 aliphatic heterocycles. The Morgan fingerprint density at radius 3 is 2.91 bits per heavy atom. The highest BCUT2D eigenvalue weighted by atomic mass is 16.5. The maximum Gasteiger partial charge on any atom is 0.290 e. The van der Waals surface area contributed by atoms with Crippen molar-refractivity contribution < 1.29 is 19.1 Å². The summed E-state index contributed by atoms with van der Waals surface area (Å²) in [6, 6.07) is 0. The molecule has 22 heavy (non-hydrogen) atoms. The smallest absolute Gasteiger partial charge is 0.290 e. The molecule has 0 radical (unpaired) electrons.